The van der Waals surface area contributed by atoms with E-state index in [2.05, 4.69) is 5.32 Å². The molecule has 3 aromatic carbocycles. The van der Waals surface area contributed by atoms with Gasteiger partial charge in [-0.3, -0.25) is 4.31 Å². The molecule has 1 aliphatic rings. The van der Waals surface area contributed by atoms with E-state index in [-0.39, 0.29) is 6.04 Å². The first kappa shape index (κ1) is 16.7. The first-order valence-electron chi connectivity index (χ1n) is 8.55. The van der Waals surface area contributed by atoms with Crippen LogP contribution in [0, 0.1) is 6.92 Å². The molecular weight excluding hydrogens is 344 g/mol. The minimum absolute atomic E-state index is 0.0891. The Hall–Kier alpha value is -2.79. The highest BCUT2D eigenvalue weighted by atomic mass is 32.2. The van der Waals surface area contributed by atoms with Gasteiger partial charge in [0.15, 0.2) is 0 Å². The summed E-state index contributed by atoms with van der Waals surface area (Å²) in [5, 5.41) is 3.45. The average Bonchev–Trinajstić information content (AvgIpc) is 3.02. The maximum Gasteiger partial charge on any atom is 0.264 e. The molecule has 5 heteroatoms. The van der Waals surface area contributed by atoms with E-state index in [1.165, 1.54) is 4.31 Å². The van der Waals surface area contributed by atoms with Crippen molar-refractivity contribution < 1.29 is 8.42 Å². The van der Waals surface area contributed by atoms with Crippen molar-refractivity contribution in [2.45, 2.75) is 17.9 Å². The summed E-state index contributed by atoms with van der Waals surface area (Å²) < 4.78 is 27.9. The van der Waals surface area contributed by atoms with Crippen molar-refractivity contribution in [1.29, 1.82) is 0 Å². The molecule has 0 saturated carbocycles. The smallest absolute Gasteiger partial charge is 0.264 e. The summed E-state index contributed by atoms with van der Waals surface area (Å²) >= 11 is 0. The van der Waals surface area contributed by atoms with E-state index in [9.17, 15) is 8.42 Å². The molecule has 0 unspecified atom stereocenters. The predicted octanol–water partition coefficient (Wildman–Crippen LogP) is 4.36. The number of aryl methyl sites for hydroxylation is 1. The Balaban J connectivity index is 1.71. The first-order chi connectivity index (χ1) is 12.6. The second-order valence-electron chi connectivity index (χ2n) is 6.47. The van der Waals surface area contributed by atoms with Crippen molar-refractivity contribution in [1.82, 2.24) is 0 Å². The minimum Gasteiger partial charge on any atom is -0.376 e. The van der Waals surface area contributed by atoms with Gasteiger partial charge in [0, 0.05) is 11.3 Å². The molecule has 0 aliphatic carbocycles. The van der Waals surface area contributed by atoms with Gasteiger partial charge in [-0.05, 0) is 37.3 Å². The van der Waals surface area contributed by atoms with E-state index in [0.29, 0.717) is 11.4 Å². The number of rotatable bonds is 4. The van der Waals surface area contributed by atoms with E-state index in [1.807, 2.05) is 73.7 Å². The van der Waals surface area contributed by atoms with Gasteiger partial charge in [-0.15, -0.1) is 0 Å². The number of fused-ring (bicyclic) bond motifs is 1. The topological polar surface area (TPSA) is 49.4 Å². The summed E-state index contributed by atoms with van der Waals surface area (Å²) in [6.45, 7) is 2.31. The van der Waals surface area contributed by atoms with Crippen LogP contribution in [0.3, 0.4) is 0 Å². The molecule has 0 radical (unpaired) electrons. The summed E-state index contributed by atoms with van der Waals surface area (Å²) in [6.07, 6.45) is 0. The lowest BCUT2D eigenvalue weighted by molar-refractivity contribution is 0.590. The molecule has 4 rings (SSSR count). The minimum atomic E-state index is -3.60. The van der Waals surface area contributed by atoms with Crippen LogP contribution in [0.5, 0.6) is 0 Å². The van der Waals surface area contributed by atoms with Crippen LogP contribution in [0.1, 0.15) is 17.2 Å². The number of sulfonamides is 1. The van der Waals surface area contributed by atoms with Crippen molar-refractivity contribution in [2.75, 3.05) is 16.2 Å². The Bertz CT molecular complexity index is 1020. The quantitative estimate of drug-likeness (QED) is 0.748. The van der Waals surface area contributed by atoms with Gasteiger partial charge in [-0.1, -0.05) is 54.1 Å². The molecule has 0 amide bonds. The lowest BCUT2D eigenvalue weighted by atomic mass is 10.1. The SMILES string of the molecule is Cc1ccc(S(=O)(=O)N2C[C@H](Nc3ccccc3)c3ccccc32)cc1. The number of para-hydroxylation sites is 2. The van der Waals surface area contributed by atoms with Gasteiger partial charge in [0.2, 0.25) is 0 Å². The molecule has 26 heavy (non-hydrogen) atoms. The molecule has 1 aliphatic heterocycles. The van der Waals surface area contributed by atoms with Gasteiger partial charge < -0.3 is 5.32 Å². The van der Waals surface area contributed by atoms with Gasteiger partial charge in [0.25, 0.3) is 10.0 Å². The monoisotopic (exact) mass is 364 g/mol. The van der Waals surface area contributed by atoms with E-state index < -0.39 is 10.0 Å². The predicted molar refractivity (Wildman–Crippen MR) is 105 cm³/mol. The van der Waals surface area contributed by atoms with Crippen LogP contribution in [0.25, 0.3) is 0 Å². The van der Waals surface area contributed by atoms with Gasteiger partial charge >= 0.3 is 0 Å². The molecule has 0 saturated heterocycles. The fourth-order valence-electron chi connectivity index (χ4n) is 3.30. The zero-order valence-corrected chi connectivity index (χ0v) is 15.3. The maximum atomic E-state index is 13.2. The summed E-state index contributed by atoms with van der Waals surface area (Å²) in [6, 6.07) is 24.4. The zero-order chi connectivity index (χ0) is 18.1. The summed E-state index contributed by atoms with van der Waals surface area (Å²) in [7, 11) is -3.60. The number of anilines is 2. The molecule has 0 spiro atoms. The van der Waals surface area contributed by atoms with Crippen LogP contribution in [0.2, 0.25) is 0 Å². The van der Waals surface area contributed by atoms with Crippen LogP contribution < -0.4 is 9.62 Å². The van der Waals surface area contributed by atoms with Gasteiger partial charge in [-0.2, -0.15) is 0 Å². The van der Waals surface area contributed by atoms with Crippen molar-refractivity contribution in [3.63, 3.8) is 0 Å². The van der Waals surface area contributed by atoms with Crippen molar-refractivity contribution in [3.05, 3.63) is 90.0 Å². The standard InChI is InChI=1S/C21H20N2O2S/c1-16-11-13-18(14-12-16)26(24,25)23-15-20(19-9-5-6-10-21(19)23)22-17-7-3-2-4-8-17/h2-14,20,22H,15H2,1H3/t20-/m0/s1. The first-order valence-corrected chi connectivity index (χ1v) is 9.99. The Kier molecular flexibility index (Phi) is 4.17. The molecule has 0 aromatic heterocycles. The number of nitrogens with zero attached hydrogens (tertiary/aromatic N) is 1. The van der Waals surface area contributed by atoms with Crippen LogP contribution >= 0.6 is 0 Å². The summed E-state index contributed by atoms with van der Waals surface area (Å²) in [5.41, 5.74) is 3.74. The Labute approximate surface area is 154 Å². The van der Waals surface area contributed by atoms with Crippen LogP contribution in [-0.4, -0.2) is 15.0 Å². The fourth-order valence-corrected chi connectivity index (χ4v) is 4.80. The van der Waals surface area contributed by atoms with Crippen LogP contribution in [0.15, 0.2) is 83.8 Å². The average molecular weight is 364 g/mol. The van der Waals surface area contributed by atoms with Gasteiger partial charge in [0.05, 0.1) is 23.2 Å². The van der Waals surface area contributed by atoms with Crippen molar-refractivity contribution in [3.8, 4) is 0 Å². The summed E-state index contributed by atoms with van der Waals surface area (Å²) in [4.78, 5) is 0.318. The largest absolute Gasteiger partial charge is 0.376 e. The molecule has 0 bridgehead atoms. The lowest BCUT2D eigenvalue weighted by Gasteiger charge is -2.20. The second kappa shape index (κ2) is 6.50. The molecule has 1 N–H and O–H groups in total. The van der Waals surface area contributed by atoms with Crippen molar-refractivity contribution >= 4 is 21.4 Å². The summed E-state index contributed by atoms with van der Waals surface area (Å²) in [5.74, 6) is 0. The normalized spacial score (nSPS) is 16.3. The second-order valence-corrected chi connectivity index (χ2v) is 8.33. The molecule has 0 fully saturated rings. The van der Waals surface area contributed by atoms with Crippen LogP contribution in [0.4, 0.5) is 11.4 Å². The highest BCUT2D eigenvalue weighted by molar-refractivity contribution is 7.92. The van der Waals surface area contributed by atoms with Crippen LogP contribution in [-0.2, 0) is 10.0 Å². The van der Waals surface area contributed by atoms with E-state index in [1.54, 1.807) is 12.1 Å². The zero-order valence-electron chi connectivity index (χ0n) is 14.5. The molecule has 1 atom stereocenters. The molecule has 4 nitrogen and oxygen atoms in total. The third kappa shape index (κ3) is 2.95. The van der Waals surface area contributed by atoms with Gasteiger partial charge in [0.1, 0.15) is 0 Å². The van der Waals surface area contributed by atoms with E-state index in [4.69, 9.17) is 0 Å². The van der Waals surface area contributed by atoms with E-state index >= 15 is 0 Å². The third-order valence-electron chi connectivity index (χ3n) is 4.65. The third-order valence-corrected chi connectivity index (χ3v) is 6.45. The number of benzene rings is 3. The van der Waals surface area contributed by atoms with Crippen molar-refractivity contribution in [2.24, 2.45) is 0 Å². The molecule has 132 valence electrons. The maximum absolute atomic E-state index is 13.2. The Morgan fingerprint density at radius 1 is 0.885 bits per heavy atom. The van der Waals surface area contributed by atoms with E-state index in [0.717, 1.165) is 22.5 Å². The Morgan fingerprint density at radius 3 is 2.27 bits per heavy atom. The highest BCUT2D eigenvalue weighted by Crippen LogP contribution is 2.39. The van der Waals surface area contributed by atoms with Gasteiger partial charge in [-0.25, -0.2) is 8.42 Å². The molecule has 1 heterocycles. The number of hydrogen-bond acceptors (Lipinski definition) is 3. The number of hydrogen-bond donors (Lipinski definition) is 1. The molecule has 3 aromatic rings. The Morgan fingerprint density at radius 2 is 1.54 bits per heavy atom. The lowest BCUT2D eigenvalue weighted by Crippen LogP contribution is -2.31. The number of nitrogens with one attached hydrogen (secondary N) is 1. The fraction of sp³-hybridized carbons (Fsp3) is 0.143. The highest BCUT2D eigenvalue weighted by Gasteiger charge is 2.36. The molecular formula is C21H20N2O2S.